The van der Waals surface area contributed by atoms with Crippen molar-refractivity contribution in [3.05, 3.63) is 23.4 Å². The van der Waals surface area contributed by atoms with Crippen LogP contribution < -0.4 is 11.1 Å². The minimum Gasteiger partial charge on any atom is -0.384 e. The normalized spacial score (nSPS) is 11.0. The van der Waals surface area contributed by atoms with E-state index in [0.717, 1.165) is 31.6 Å². The summed E-state index contributed by atoms with van der Waals surface area (Å²) in [6.45, 7) is 8.47. The largest absolute Gasteiger partial charge is 0.384 e. The first-order valence-electron chi connectivity index (χ1n) is 6.07. The van der Waals surface area contributed by atoms with E-state index < -0.39 is 0 Å². The van der Waals surface area contributed by atoms with Crippen LogP contribution in [0.15, 0.2) is 12.1 Å². The van der Waals surface area contributed by atoms with E-state index in [4.69, 9.17) is 5.73 Å². The molecular formula is C13H23N3. The molecule has 3 heteroatoms. The lowest BCUT2D eigenvalue weighted by Gasteiger charge is -2.09. The van der Waals surface area contributed by atoms with Crippen molar-refractivity contribution >= 4 is 5.82 Å². The lowest BCUT2D eigenvalue weighted by molar-refractivity contribution is 0.552. The molecular weight excluding hydrogens is 198 g/mol. The number of hydrogen-bond donors (Lipinski definition) is 2. The number of nitrogen functional groups attached to an aromatic ring is 1. The van der Waals surface area contributed by atoms with Gasteiger partial charge >= 0.3 is 0 Å². The summed E-state index contributed by atoms with van der Waals surface area (Å²) in [5.41, 5.74) is 8.12. The summed E-state index contributed by atoms with van der Waals surface area (Å²) in [4.78, 5) is 4.32. The Kier molecular flexibility index (Phi) is 5.26. The summed E-state index contributed by atoms with van der Waals surface area (Å²) in [6.07, 6.45) is 2.11. The lowest BCUT2D eigenvalue weighted by Crippen LogP contribution is -2.19. The van der Waals surface area contributed by atoms with Crippen molar-refractivity contribution < 1.29 is 0 Å². The number of aryl methyl sites for hydroxylation is 1. The quantitative estimate of drug-likeness (QED) is 0.775. The van der Waals surface area contributed by atoms with Crippen molar-refractivity contribution in [3.63, 3.8) is 0 Å². The van der Waals surface area contributed by atoms with Gasteiger partial charge in [-0.05, 0) is 36.6 Å². The molecule has 0 spiro atoms. The molecule has 0 saturated carbocycles. The molecule has 0 atom stereocenters. The molecule has 0 amide bonds. The van der Waals surface area contributed by atoms with E-state index in [-0.39, 0.29) is 0 Å². The second-order valence-electron chi connectivity index (χ2n) is 4.67. The molecule has 0 aliphatic rings. The van der Waals surface area contributed by atoms with Gasteiger partial charge in [-0.25, -0.2) is 4.98 Å². The fourth-order valence-corrected chi connectivity index (χ4v) is 1.67. The van der Waals surface area contributed by atoms with Crippen LogP contribution in [-0.2, 0) is 13.0 Å². The molecule has 3 N–H and O–H groups in total. The third-order valence-corrected chi connectivity index (χ3v) is 2.35. The van der Waals surface area contributed by atoms with E-state index in [1.54, 1.807) is 0 Å². The van der Waals surface area contributed by atoms with E-state index in [2.05, 4.69) is 37.1 Å². The first-order valence-corrected chi connectivity index (χ1v) is 6.07. The van der Waals surface area contributed by atoms with Crippen molar-refractivity contribution in [1.82, 2.24) is 10.3 Å². The topological polar surface area (TPSA) is 50.9 Å². The Morgan fingerprint density at radius 3 is 2.75 bits per heavy atom. The zero-order valence-corrected chi connectivity index (χ0v) is 10.6. The van der Waals surface area contributed by atoms with Gasteiger partial charge in [-0.15, -0.1) is 0 Å². The standard InChI is InChI=1S/C13H23N3/c1-4-5-12-6-11(7-13(14)16-12)9-15-8-10(2)3/h6-7,10,15H,4-5,8-9H2,1-3H3,(H2,14,16). The summed E-state index contributed by atoms with van der Waals surface area (Å²) < 4.78 is 0. The van der Waals surface area contributed by atoms with Crippen LogP contribution >= 0.6 is 0 Å². The van der Waals surface area contributed by atoms with Gasteiger partial charge < -0.3 is 11.1 Å². The zero-order valence-electron chi connectivity index (χ0n) is 10.6. The molecule has 3 nitrogen and oxygen atoms in total. The third-order valence-electron chi connectivity index (χ3n) is 2.35. The molecule has 0 aliphatic heterocycles. The number of pyridine rings is 1. The molecule has 1 aromatic heterocycles. The molecule has 1 rings (SSSR count). The van der Waals surface area contributed by atoms with Crippen LogP contribution in [0.1, 0.15) is 38.4 Å². The van der Waals surface area contributed by atoms with Gasteiger partial charge in [0.1, 0.15) is 5.82 Å². The van der Waals surface area contributed by atoms with Gasteiger partial charge in [-0.3, -0.25) is 0 Å². The summed E-state index contributed by atoms with van der Waals surface area (Å²) in [5, 5.41) is 3.41. The first kappa shape index (κ1) is 13.0. The molecule has 0 saturated heterocycles. The van der Waals surface area contributed by atoms with Gasteiger partial charge in [-0.2, -0.15) is 0 Å². The smallest absolute Gasteiger partial charge is 0.123 e. The number of nitrogens with zero attached hydrogens (tertiary/aromatic N) is 1. The SMILES string of the molecule is CCCc1cc(CNCC(C)C)cc(N)n1. The second kappa shape index (κ2) is 6.48. The fourth-order valence-electron chi connectivity index (χ4n) is 1.67. The highest BCUT2D eigenvalue weighted by atomic mass is 14.9. The molecule has 0 aromatic carbocycles. The van der Waals surface area contributed by atoms with Gasteiger partial charge in [0.2, 0.25) is 0 Å². The molecule has 90 valence electrons. The summed E-state index contributed by atoms with van der Waals surface area (Å²) >= 11 is 0. The summed E-state index contributed by atoms with van der Waals surface area (Å²) in [5.74, 6) is 1.31. The van der Waals surface area contributed by atoms with Crippen LogP contribution in [-0.4, -0.2) is 11.5 Å². The van der Waals surface area contributed by atoms with Gasteiger partial charge in [0.25, 0.3) is 0 Å². The number of aromatic nitrogens is 1. The molecule has 0 aliphatic carbocycles. The van der Waals surface area contributed by atoms with Crippen LogP contribution in [0.25, 0.3) is 0 Å². The van der Waals surface area contributed by atoms with Crippen molar-refractivity contribution in [2.75, 3.05) is 12.3 Å². The number of nitrogens with two attached hydrogens (primary N) is 1. The molecule has 0 fully saturated rings. The van der Waals surface area contributed by atoms with Crippen molar-refractivity contribution in [2.24, 2.45) is 5.92 Å². The van der Waals surface area contributed by atoms with Crippen molar-refractivity contribution in [2.45, 2.75) is 40.2 Å². The van der Waals surface area contributed by atoms with Crippen LogP contribution in [0.4, 0.5) is 5.82 Å². The molecule has 0 unspecified atom stereocenters. The van der Waals surface area contributed by atoms with Crippen LogP contribution in [0, 0.1) is 5.92 Å². The predicted octanol–water partition coefficient (Wildman–Crippen LogP) is 2.36. The van der Waals surface area contributed by atoms with Gasteiger partial charge in [0.05, 0.1) is 0 Å². The van der Waals surface area contributed by atoms with Gasteiger partial charge in [-0.1, -0.05) is 27.2 Å². The predicted molar refractivity (Wildman–Crippen MR) is 69.2 cm³/mol. The molecule has 1 heterocycles. The van der Waals surface area contributed by atoms with E-state index in [1.165, 1.54) is 5.56 Å². The first-order chi connectivity index (χ1) is 7.61. The number of nitrogens with one attached hydrogen (secondary N) is 1. The van der Waals surface area contributed by atoms with Crippen LogP contribution in [0.2, 0.25) is 0 Å². The number of hydrogen-bond acceptors (Lipinski definition) is 3. The Morgan fingerprint density at radius 2 is 2.12 bits per heavy atom. The van der Waals surface area contributed by atoms with Gasteiger partial charge in [0.15, 0.2) is 0 Å². The fraction of sp³-hybridized carbons (Fsp3) is 0.615. The zero-order chi connectivity index (χ0) is 12.0. The van der Waals surface area contributed by atoms with Crippen LogP contribution in [0.5, 0.6) is 0 Å². The van der Waals surface area contributed by atoms with E-state index in [0.29, 0.717) is 11.7 Å². The molecule has 16 heavy (non-hydrogen) atoms. The summed E-state index contributed by atoms with van der Waals surface area (Å²) in [7, 11) is 0. The Hall–Kier alpha value is -1.09. The van der Waals surface area contributed by atoms with E-state index >= 15 is 0 Å². The molecule has 0 bridgehead atoms. The maximum absolute atomic E-state index is 5.78. The number of rotatable bonds is 6. The lowest BCUT2D eigenvalue weighted by atomic mass is 10.1. The van der Waals surface area contributed by atoms with Gasteiger partial charge in [0, 0.05) is 12.2 Å². The monoisotopic (exact) mass is 221 g/mol. The maximum Gasteiger partial charge on any atom is 0.123 e. The van der Waals surface area contributed by atoms with E-state index in [1.807, 2.05) is 6.07 Å². The molecule has 1 aromatic rings. The van der Waals surface area contributed by atoms with Crippen molar-refractivity contribution in [1.29, 1.82) is 0 Å². The Morgan fingerprint density at radius 1 is 1.38 bits per heavy atom. The highest BCUT2D eigenvalue weighted by Gasteiger charge is 2.00. The summed E-state index contributed by atoms with van der Waals surface area (Å²) in [6, 6.07) is 4.10. The minimum atomic E-state index is 0.632. The average Bonchev–Trinajstić information content (AvgIpc) is 2.16. The third kappa shape index (κ3) is 4.62. The van der Waals surface area contributed by atoms with Crippen molar-refractivity contribution in [3.8, 4) is 0 Å². The van der Waals surface area contributed by atoms with Crippen LogP contribution in [0.3, 0.4) is 0 Å². The Balaban J connectivity index is 2.58. The molecule has 0 radical (unpaired) electrons. The second-order valence-corrected chi connectivity index (χ2v) is 4.67. The minimum absolute atomic E-state index is 0.632. The Bertz CT molecular complexity index is 321. The van der Waals surface area contributed by atoms with E-state index in [9.17, 15) is 0 Å². The average molecular weight is 221 g/mol. The number of anilines is 1. The maximum atomic E-state index is 5.78. The highest BCUT2D eigenvalue weighted by Crippen LogP contribution is 2.09. The Labute approximate surface area is 98.5 Å². The highest BCUT2D eigenvalue weighted by molar-refractivity contribution is 5.35.